The average molecular weight is 530 g/mol. The third-order valence-corrected chi connectivity index (χ3v) is 4.94. The molecule has 0 aliphatic heterocycles. The van der Waals surface area contributed by atoms with Crippen molar-refractivity contribution in [1.29, 1.82) is 0 Å². The molecule has 0 heterocycles. The van der Waals surface area contributed by atoms with Crippen molar-refractivity contribution in [2.24, 2.45) is 5.10 Å². The van der Waals surface area contributed by atoms with Crippen LogP contribution in [0.5, 0.6) is 11.5 Å². The van der Waals surface area contributed by atoms with Crippen LogP contribution in [0.15, 0.2) is 71.8 Å². The van der Waals surface area contributed by atoms with Gasteiger partial charge in [-0.15, -0.1) is 0 Å². The zero-order valence-corrected chi connectivity index (χ0v) is 18.7. The van der Waals surface area contributed by atoms with E-state index in [1.807, 2.05) is 6.07 Å². The molecule has 0 spiro atoms. The number of halogens is 1. The molecule has 0 unspecified atom stereocenters. The lowest BCUT2D eigenvalue weighted by Crippen LogP contribution is -2.17. The number of nitrogens with one attached hydrogen (secondary N) is 1. The van der Waals surface area contributed by atoms with E-state index in [0.29, 0.717) is 22.6 Å². The van der Waals surface area contributed by atoms with Crippen LogP contribution in [0.4, 0.5) is 0 Å². The molecule has 8 heteroatoms. The molecule has 0 bridgehead atoms. The number of carboxylic acids is 1. The number of amides is 1. The quantitative estimate of drug-likeness (QED) is 0.257. The third-order valence-electron chi connectivity index (χ3n) is 4.27. The molecule has 0 fully saturated rings. The summed E-state index contributed by atoms with van der Waals surface area (Å²) in [5, 5.41) is 13.0. The first-order chi connectivity index (χ1) is 15.0. The number of nitrogens with zero attached hydrogens (tertiary/aromatic N) is 1. The van der Waals surface area contributed by atoms with Crippen LogP contribution in [0.3, 0.4) is 0 Å². The van der Waals surface area contributed by atoms with Crippen LogP contribution in [0.25, 0.3) is 0 Å². The van der Waals surface area contributed by atoms with Crippen molar-refractivity contribution in [2.75, 3.05) is 7.11 Å². The second kappa shape index (κ2) is 10.6. The van der Waals surface area contributed by atoms with Gasteiger partial charge in [0.2, 0.25) is 0 Å². The molecule has 0 aliphatic carbocycles. The molecular formula is C23H19IN2O5. The maximum absolute atomic E-state index is 12.3. The Morgan fingerprint density at radius 1 is 1.06 bits per heavy atom. The summed E-state index contributed by atoms with van der Waals surface area (Å²) in [7, 11) is 1.53. The predicted octanol–water partition coefficient (Wildman–Crippen LogP) is 4.34. The Kier molecular flexibility index (Phi) is 7.60. The van der Waals surface area contributed by atoms with Crippen LogP contribution in [-0.2, 0) is 6.61 Å². The fourth-order valence-corrected chi connectivity index (χ4v) is 3.25. The first-order valence-electron chi connectivity index (χ1n) is 9.19. The number of para-hydroxylation sites is 1. The Morgan fingerprint density at radius 3 is 2.48 bits per heavy atom. The summed E-state index contributed by atoms with van der Waals surface area (Å²) < 4.78 is 12.3. The van der Waals surface area contributed by atoms with Crippen molar-refractivity contribution >= 4 is 40.7 Å². The number of carbonyl (C=O) groups excluding carboxylic acids is 1. The molecule has 0 aliphatic rings. The van der Waals surface area contributed by atoms with E-state index in [0.717, 1.165) is 9.13 Å². The summed E-state index contributed by atoms with van der Waals surface area (Å²) in [5.41, 5.74) is 4.63. The Morgan fingerprint density at radius 2 is 1.81 bits per heavy atom. The van der Waals surface area contributed by atoms with Crippen LogP contribution < -0.4 is 14.9 Å². The average Bonchev–Trinajstić information content (AvgIpc) is 2.78. The maximum atomic E-state index is 12.3. The van der Waals surface area contributed by atoms with E-state index in [1.54, 1.807) is 48.5 Å². The lowest BCUT2D eigenvalue weighted by molar-refractivity contribution is 0.0696. The van der Waals surface area contributed by atoms with Crippen LogP contribution in [0.1, 0.15) is 31.8 Å². The van der Waals surface area contributed by atoms with Gasteiger partial charge in [0, 0.05) is 14.7 Å². The van der Waals surface area contributed by atoms with E-state index in [4.69, 9.17) is 14.6 Å². The van der Waals surface area contributed by atoms with E-state index >= 15 is 0 Å². The van der Waals surface area contributed by atoms with Crippen LogP contribution >= 0.6 is 22.6 Å². The molecule has 0 radical (unpaired) electrons. The number of aromatic carboxylic acids is 1. The van der Waals surface area contributed by atoms with E-state index in [9.17, 15) is 9.59 Å². The predicted molar refractivity (Wildman–Crippen MR) is 125 cm³/mol. The minimum Gasteiger partial charge on any atom is -0.493 e. The number of benzene rings is 3. The Bertz CT molecular complexity index is 1110. The van der Waals surface area contributed by atoms with E-state index in [-0.39, 0.29) is 18.1 Å². The molecule has 7 nitrogen and oxygen atoms in total. The monoisotopic (exact) mass is 530 g/mol. The summed E-state index contributed by atoms with van der Waals surface area (Å²) in [6.07, 6.45) is 1.48. The highest BCUT2D eigenvalue weighted by molar-refractivity contribution is 14.1. The van der Waals surface area contributed by atoms with Crippen LogP contribution in [-0.4, -0.2) is 30.3 Å². The van der Waals surface area contributed by atoms with E-state index in [1.165, 1.54) is 25.5 Å². The Labute approximate surface area is 192 Å². The fraction of sp³-hybridized carbons (Fsp3) is 0.0870. The van der Waals surface area contributed by atoms with Gasteiger partial charge in [0.15, 0.2) is 11.5 Å². The molecule has 3 rings (SSSR count). The Balaban J connectivity index is 1.73. The number of carboxylic acid groups (broad SMARTS) is 1. The maximum Gasteiger partial charge on any atom is 0.335 e. The van der Waals surface area contributed by atoms with Gasteiger partial charge in [-0.3, -0.25) is 4.79 Å². The normalized spacial score (nSPS) is 10.6. The van der Waals surface area contributed by atoms with Crippen molar-refractivity contribution in [1.82, 2.24) is 5.43 Å². The van der Waals surface area contributed by atoms with Gasteiger partial charge in [-0.1, -0.05) is 24.3 Å². The van der Waals surface area contributed by atoms with Gasteiger partial charge in [0.25, 0.3) is 5.91 Å². The smallest absolute Gasteiger partial charge is 0.335 e. The first-order valence-corrected chi connectivity index (χ1v) is 10.3. The molecule has 0 aromatic heterocycles. The topological polar surface area (TPSA) is 97.2 Å². The second-order valence-electron chi connectivity index (χ2n) is 6.38. The zero-order valence-electron chi connectivity index (χ0n) is 16.5. The number of ether oxygens (including phenoxy) is 2. The third kappa shape index (κ3) is 6.05. The van der Waals surface area contributed by atoms with Crippen molar-refractivity contribution in [2.45, 2.75) is 6.61 Å². The zero-order chi connectivity index (χ0) is 22.2. The van der Waals surface area contributed by atoms with Gasteiger partial charge in [-0.25, -0.2) is 10.2 Å². The van der Waals surface area contributed by atoms with Gasteiger partial charge in [0.1, 0.15) is 6.61 Å². The number of carbonyl (C=O) groups is 2. The van der Waals surface area contributed by atoms with Gasteiger partial charge in [-0.2, -0.15) is 5.10 Å². The van der Waals surface area contributed by atoms with E-state index in [2.05, 4.69) is 33.1 Å². The molecule has 0 saturated heterocycles. The summed E-state index contributed by atoms with van der Waals surface area (Å²) in [6, 6.07) is 18.9. The van der Waals surface area contributed by atoms with Gasteiger partial charge >= 0.3 is 5.97 Å². The summed E-state index contributed by atoms with van der Waals surface area (Å²) in [5.74, 6) is -0.337. The van der Waals surface area contributed by atoms with Gasteiger partial charge in [-0.05, 0) is 70.6 Å². The molecule has 2 N–H and O–H groups in total. The standard InChI is InChI=1S/C23H19IN2O5/c1-30-20-7-3-5-18(13-25-26-22(27)17-4-2-6-19(24)12-17)21(20)31-14-15-8-10-16(11-9-15)23(28)29/h2-13H,14H2,1H3,(H,26,27)(H,28,29)/b25-13-. The van der Waals surface area contributed by atoms with Crippen LogP contribution in [0, 0.1) is 3.57 Å². The number of hydrazone groups is 1. The first kappa shape index (κ1) is 22.3. The molecule has 0 saturated carbocycles. The molecule has 1 amide bonds. The number of hydrogen-bond donors (Lipinski definition) is 2. The molecule has 31 heavy (non-hydrogen) atoms. The SMILES string of the molecule is COc1cccc(/C=N\NC(=O)c2cccc(I)c2)c1OCc1ccc(C(=O)O)cc1. The molecule has 3 aromatic carbocycles. The minimum absolute atomic E-state index is 0.204. The van der Waals surface area contributed by atoms with Crippen molar-refractivity contribution in [3.63, 3.8) is 0 Å². The largest absolute Gasteiger partial charge is 0.493 e. The van der Waals surface area contributed by atoms with Gasteiger partial charge < -0.3 is 14.6 Å². The number of hydrogen-bond acceptors (Lipinski definition) is 5. The van der Waals surface area contributed by atoms with Gasteiger partial charge in [0.05, 0.1) is 18.9 Å². The molecule has 0 atom stereocenters. The molecule has 158 valence electrons. The van der Waals surface area contributed by atoms with E-state index < -0.39 is 5.97 Å². The van der Waals surface area contributed by atoms with Crippen molar-refractivity contribution in [3.8, 4) is 11.5 Å². The lowest BCUT2D eigenvalue weighted by atomic mass is 10.1. The summed E-state index contributed by atoms with van der Waals surface area (Å²) in [4.78, 5) is 23.2. The summed E-state index contributed by atoms with van der Waals surface area (Å²) in [6.45, 7) is 0.204. The second-order valence-corrected chi connectivity index (χ2v) is 7.62. The van der Waals surface area contributed by atoms with Crippen molar-refractivity contribution < 1.29 is 24.2 Å². The van der Waals surface area contributed by atoms with Crippen LogP contribution in [0.2, 0.25) is 0 Å². The highest BCUT2D eigenvalue weighted by Gasteiger charge is 2.11. The molecule has 3 aromatic rings. The fourth-order valence-electron chi connectivity index (χ4n) is 2.70. The Hall–Kier alpha value is -3.40. The minimum atomic E-state index is -0.983. The highest BCUT2D eigenvalue weighted by atomic mass is 127. The molecular weight excluding hydrogens is 511 g/mol. The van der Waals surface area contributed by atoms with Crippen molar-refractivity contribution in [3.05, 3.63) is 92.6 Å². The number of methoxy groups -OCH3 is 1. The summed E-state index contributed by atoms with van der Waals surface area (Å²) >= 11 is 2.14. The lowest BCUT2D eigenvalue weighted by Gasteiger charge is -2.13. The number of rotatable bonds is 8. The highest BCUT2D eigenvalue weighted by Crippen LogP contribution is 2.30.